The van der Waals surface area contributed by atoms with Gasteiger partial charge in [-0.3, -0.25) is 5.10 Å². The number of nitrogens with zero attached hydrogens (tertiary/aromatic N) is 1. The Morgan fingerprint density at radius 2 is 1.90 bits per heavy atom. The lowest BCUT2D eigenvalue weighted by Crippen LogP contribution is -2.42. The van der Waals surface area contributed by atoms with Gasteiger partial charge >= 0.3 is 6.18 Å². The van der Waals surface area contributed by atoms with Crippen LogP contribution in [-0.2, 0) is 22.4 Å². The van der Waals surface area contributed by atoms with Crippen LogP contribution in [0, 0.1) is 11.3 Å². The summed E-state index contributed by atoms with van der Waals surface area (Å²) in [5, 5.41) is 6.23. The molecular formula is C21H16ClF3N2O2S. The second-order valence-corrected chi connectivity index (χ2v) is 11.1. The molecule has 0 saturated heterocycles. The highest BCUT2D eigenvalue weighted by Gasteiger charge is 2.81. The number of aromatic nitrogens is 2. The van der Waals surface area contributed by atoms with Crippen molar-refractivity contribution in [3.8, 4) is 0 Å². The first-order valence-electron chi connectivity index (χ1n) is 9.66. The number of nitrogens with one attached hydrogen (secondary N) is 1. The molecule has 1 spiro atoms. The molecule has 0 radical (unpaired) electrons. The molecule has 5 unspecified atom stereocenters. The Hall–Kier alpha value is -2.06. The second-order valence-electron chi connectivity index (χ2n) is 8.47. The lowest BCUT2D eigenvalue weighted by atomic mass is 9.57. The van der Waals surface area contributed by atoms with Crippen LogP contribution < -0.4 is 0 Å². The minimum atomic E-state index is -4.51. The van der Waals surface area contributed by atoms with Crippen LogP contribution in [0.2, 0.25) is 0 Å². The third-order valence-electron chi connectivity index (χ3n) is 7.23. The molecule has 6 rings (SSSR count). The standard InChI is InChI=1S/C21H16ClF3N2O2S/c22-11-3-6-13-15(7-11)20-16(13)8-17-14(9-26-27-17)18(20)19(20)30(28,29)12-4-1-10(2-5-12)21(23,24)25/h1-6,9,11,16,18-19H,7-8H2,(H,26,27). The molecule has 0 bridgehead atoms. The van der Waals surface area contributed by atoms with Gasteiger partial charge in [-0.25, -0.2) is 8.42 Å². The molecule has 30 heavy (non-hydrogen) atoms. The number of aromatic amines is 1. The molecule has 0 amide bonds. The summed E-state index contributed by atoms with van der Waals surface area (Å²) in [5.74, 6) is -0.188. The Bertz CT molecular complexity index is 1250. The monoisotopic (exact) mass is 452 g/mol. The molecule has 1 fully saturated rings. The average Bonchev–Trinajstić information content (AvgIpc) is 3.25. The fourth-order valence-electron chi connectivity index (χ4n) is 6.05. The van der Waals surface area contributed by atoms with Gasteiger partial charge in [-0.05, 0) is 48.2 Å². The molecule has 1 aromatic heterocycles. The van der Waals surface area contributed by atoms with Crippen LogP contribution in [0.1, 0.15) is 29.2 Å². The molecule has 1 aromatic carbocycles. The Balaban J connectivity index is 1.46. The lowest BCUT2D eigenvalue weighted by molar-refractivity contribution is -0.137. The van der Waals surface area contributed by atoms with E-state index < -0.39 is 32.2 Å². The van der Waals surface area contributed by atoms with Crippen LogP contribution in [0.3, 0.4) is 0 Å². The number of sulfone groups is 1. The van der Waals surface area contributed by atoms with Crippen molar-refractivity contribution in [3.05, 3.63) is 70.6 Å². The minimum Gasteiger partial charge on any atom is -0.282 e. The first-order valence-corrected chi connectivity index (χ1v) is 11.6. The van der Waals surface area contributed by atoms with Gasteiger partial charge in [0.15, 0.2) is 9.84 Å². The molecule has 0 aliphatic heterocycles. The van der Waals surface area contributed by atoms with Gasteiger partial charge in [0.05, 0.1) is 27.3 Å². The van der Waals surface area contributed by atoms with Crippen LogP contribution in [0.5, 0.6) is 0 Å². The van der Waals surface area contributed by atoms with Crippen molar-refractivity contribution in [2.24, 2.45) is 11.3 Å². The maximum Gasteiger partial charge on any atom is 0.416 e. The normalized spacial score (nSPS) is 33.9. The van der Waals surface area contributed by atoms with Crippen molar-refractivity contribution < 1.29 is 21.6 Å². The maximum absolute atomic E-state index is 13.6. The van der Waals surface area contributed by atoms with E-state index in [1.54, 1.807) is 6.20 Å². The van der Waals surface area contributed by atoms with E-state index >= 15 is 0 Å². The number of rotatable bonds is 2. The molecule has 4 aliphatic rings. The van der Waals surface area contributed by atoms with Crippen LogP contribution in [0.25, 0.3) is 0 Å². The molecule has 9 heteroatoms. The molecule has 156 valence electrons. The molecule has 1 saturated carbocycles. The predicted octanol–water partition coefficient (Wildman–Crippen LogP) is 4.40. The number of halogens is 4. The van der Waals surface area contributed by atoms with Gasteiger partial charge in [-0.1, -0.05) is 17.7 Å². The third-order valence-corrected chi connectivity index (χ3v) is 9.79. The van der Waals surface area contributed by atoms with Gasteiger partial charge in [0, 0.05) is 22.9 Å². The summed E-state index contributed by atoms with van der Waals surface area (Å²) in [7, 11) is -3.85. The number of hydrogen-bond acceptors (Lipinski definition) is 3. The summed E-state index contributed by atoms with van der Waals surface area (Å²) < 4.78 is 66.0. The third kappa shape index (κ3) is 2.13. The smallest absolute Gasteiger partial charge is 0.282 e. The highest BCUT2D eigenvalue weighted by atomic mass is 35.5. The maximum atomic E-state index is 13.6. The van der Waals surface area contributed by atoms with Gasteiger partial charge in [-0.2, -0.15) is 18.3 Å². The van der Waals surface area contributed by atoms with Gasteiger partial charge in [0.25, 0.3) is 0 Å². The molecule has 4 aliphatic carbocycles. The van der Waals surface area contributed by atoms with E-state index in [1.807, 2.05) is 12.2 Å². The molecule has 2 aromatic rings. The number of benzene rings is 1. The molecule has 1 N–H and O–H groups in total. The number of alkyl halides is 4. The summed E-state index contributed by atoms with van der Waals surface area (Å²) in [6, 6.07) is 3.81. The largest absolute Gasteiger partial charge is 0.416 e. The van der Waals surface area contributed by atoms with Gasteiger partial charge in [0.2, 0.25) is 0 Å². The molecule has 1 heterocycles. The van der Waals surface area contributed by atoms with Crippen LogP contribution in [0.15, 0.2) is 58.7 Å². The van der Waals surface area contributed by atoms with Crippen LogP contribution in [-0.4, -0.2) is 29.2 Å². The summed E-state index contributed by atoms with van der Waals surface area (Å²) >= 11 is 6.35. The fourth-order valence-corrected chi connectivity index (χ4v) is 8.71. The van der Waals surface area contributed by atoms with Crippen molar-refractivity contribution in [2.75, 3.05) is 0 Å². The van der Waals surface area contributed by atoms with Crippen molar-refractivity contribution in [1.29, 1.82) is 0 Å². The van der Waals surface area contributed by atoms with Crippen LogP contribution >= 0.6 is 11.6 Å². The summed E-state index contributed by atoms with van der Waals surface area (Å²) in [6.07, 6.45) is 2.41. The molecule has 5 atom stereocenters. The van der Waals surface area contributed by atoms with E-state index in [0.29, 0.717) is 12.8 Å². The van der Waals surface area contributed by atoms with Gasteiger partial charge < -0.3 is 0 Å². The van der Waals surface area contributed by atoms with E-state index in [0.717, 1.165) is 46.7 Å². The highest BCUT2D eigenvalue weighted by molar-refractivity contribution is 7.92. The van der Waals surface area contributed by atoms with Crippen molar-refractivity contribution in [2.45, 2.75) is 40.5 Å². The van der Waals surface area contributed by atoms with E-state index in [4.69, 9.17) is 11.6 Å². The highest BCUT2D eigenvalue weighted by Crippen LogP contribution is 2.81. The van der Waals surface area contributed by atoms with Gasteiger partial charge in [-0.15, -0.1) is 11.6 Å². The second kappa shape index (κ2) is 5.59. The van der Waals surface area contributed by atoms with E-state index in [1.165, 1.54) is 0 Å². The minimum absolute atomic E-state index is 0.0556. The van der Waals surface area contributed by atoms with E-state index in [-0.39, 0.29) is 22.1 Å². The summed E-state index contributed by atoms with van der Waals surface area (Å²) in [4.78, 5) is -0.0732. The lowest BCUT2D eigenvalue weighted by Gasteiger charge is -2.47. The predicted molar refractivity (Wildman–Crippen MR) is 104 cm³/mol. The van der Waals surface area contributed by atoms with E-state index in [9.17, 15) is 21.6 Å². The zero-order chi connectivity index (χ0) is 21.1. The summed E-state index contributed by atoms with van der Waals surface area (Å²) in [5.41, 5.74) is 2.71. The first-order chi connectivity index (χ1) is 14.2. The number of H-pyrrole nitrogens is 1. The van der Waals surface area contributed by atoms with E-state index in [2.05, 4.69) is 10.2 Å². The SMILES string of the molecule is O=S(=O)(c1ccc(C(F)(F)F)cc1)C1C2c3cn[nH]c3CC3C4=C(CC(Cl)C=C4)C321. The Morgan fingerprint density at radius 3 is 2.60 bits per heavy atom. The fraction of sp³-hybridized carbons (Fsp3) is 0.381. The van der Waals surface area contributed by atoms with Crippen molar-refractivity contribution in [3.63, 3.8) is 0 Å². The zero-order valence-electron chi connectivity index (χ0n) is 15.4. The Morgan fingerprint density at radius 1 is 1.17 bits per heavy atom. The summed E-state index contributed by atoms with van der Waals surface area (Å²) in [6.45, 7) is 0. The number of hydrogen-bond donors (Lipinski definition) is 1. The van der Waals surface area contributed by atoms with Gasteiger partial charge in [0.1, 0.15) is 0 Å². The number of allylic oxidation sites excluding steroid dienone is 4. The molecule has 4 nitrogen and oxygen atoms in total. The van der Waals surface area contributed by atoms with Crippen molar-refractivity contribution in [1.82, 2.24) is 10.2 Å². The Labute approximate surface area is 175 Å². The zero-order valence-corrected chi connectivity index (χ0v) is 17.0. The topological polar surface area (TPSA) is 62.8 Å². The average molecular weight is 453 g/mol. The first kappa shape index (κ1) is 18.7. The Kier molecular flexibility index (Phi) is 3.48. The quantitative estimate of drug-likeness (QED) is 0.687. The molecular weight excluding hydrogens is 437 g/mol. The van der Waals surface area contributed by atoms with Crippen molar-refractivity contribution >= 4 is 21.4 Å². The number of fused-ring (bicyclic) bond motifs is 3. The van der Waals surface area contributed by atoms with Crippen LogP contribution in [0.4, 0.5) is 13.2 Å².